The number of hydrogen-bond donors (Lipinski definition) is 2. The number of likely N-dealkylation sites (N-methyl/N-ethyl adjacent to an activating group) is 1. The Morgan fingerprint density at radius 1 is 1.04 bits per heavy atom. The summed E-state index contributed by atoms with van der Waals surface area (Å²) in [4.78, 5) is 61.7. The van der Waals surface area contributed by atoms with Crippen LogP contribution >= 0.6 is 0 Å². The molecule has 13 atom stereocenters. The van der Waals surface area contributed by atoms with Gasteiger partial charge in [0.25, 0.3) is 0 Å². The highest BCUT2D eigenvalue weighted by Gasteiger charge is 2.57. The molecule has 2 N–H and O–H groups in total. The molecule has 4 heterocycles. The van der Waals surface area contributed by atoms with Gasteiger partial charge < -0.3 is 39.0 Å². The van der Waals surface area contributed by atoms with E-state index < -0.39 is 83.4 Å². The Morgan fingerprint density at radius 2 is 1.76 bits per heavy atom. The van der Waals surface area contributed by atoms with E-state index >= 15 is 0 Å². The van der Waals surface area contributed by atoms with Crippen LogP contribution in [0.5, 0.6) is 0 Å². The molecule has 13 nitrogen and oxygen atoms in total. The molecular weight excluding hydrogens is 706 g/mol. The van der Waals surface area contributed by atoms with Gasteiger partial charge in [0.1, 0.15) is 23.9 Å². The number of hydrogen-bond acceptors (Lipinski definition) is 12. The summed E-state index contributed by atoms with van der Waals surface area (Å²) < 4.78 is 31.4. The van der Waals surface area contributed by atoms with Crippen LogP contribution in [0.15, 0.2) is 42.6 Å². The smallest absolute Gasteiger partial charge is 0.408 e. The Balaban J connectivity index is 1.56. The zero-order valence-corrected chi connectivity index (χ0v) is 33.8. The van der Waals surface area contributed by atoms with E-state index in [1.165, 1.54) is 6.92 Å². The molecule has 1 aromatic carbocycles. The zero-order chi connectivity index (χ0) is 40.4. The highest BCUT2D eigenvalue weighted by Crippen LogP contribution is 2.40. The molecule has 13 heteroatoms. The molecule has 3 aliphatic heterocycles. The number of carbonyl (C=O) groups excluding carboxylic acids is 4. The number of aliphatic hydroxyl groups is 1. The summed E-state index contributed by atoms with van der Waals surface area (Å²) in [5, 5.41) is 15.4. The third-order valence-corrected chi connectivity index (χ3v) is 11.9. The molecule has 0 bridgehead atoms. The van der Waals surface area contributed by atoms with Crippen molar-refractivity contribution < 1.29 is 48.0 Å². The summed E-state index contributed by atoms with van der Waals surface area (Å²) in [5.74, 6) is -5.10. The van der Waals surface area contributed by atoms with E-state index in [0.717, 1.165) is 16.5 Å². The van der Waals surface area contributed by atoms with Crippen LogP contribution in [0.2, 0.25) is 0 Å². The number of nitrogens with one attached hydrogen (secondary N) is 1. The molecule has 5 rings (SSSR count). The number of aliphatic hydroxyl groups excluding tert-OH is 1. The molecule has 3 saturated heterocycles. The van der Waals surface area contributed by atoms with Crippen molar-refractivity contribution >= 4 is 40.6 Å². The van der Waals surface area contributed by atoms with Gasteiger partial charge in [0.15, 0.2) is 17.7 Å². The summed E-state index contributed by atoms with van der Waals surface area (Å²) in [6.45, 7) is 13.9. The molecule has 55 heavy (non-hydrogen) atoms. The predicted molar refractivity (Wildman–Crippen MR) is 206 cm³/mol. The quantitative estimate of drug-likeness (QED) is 0.270. The molecule has 302 valence electrons. The van der Waals surface area contributed by atoms with Gasteiger partial charge in [-0.1, -0.05) is 52.0 Å². The molecule has 0 unspecified atom stereocenters. The summed E-state index contributed by atoms with van der Waals surface area (Å²) >= 11 is 0. The summed E-state index contributed by atoms with van der Waals surface area (Å²) in [6.07, 6.45) is 1.17. The van der Waals surface area contributed by atoms with E-state index in [4.69, 9.17) is 23.7 Å². The Kier molecular flexibility index (Phi) is 13.2. The fraction of sp³-hybridized carbons (Fsp3) is 0.643. The van der Waals surface area contributed by atoms with Crippen LogP contribution in [-0.2, 0) is 38.1 Å². The molecule has 3 fully saturated rings. The molecule has 0 radical (unpaired) electrons. The first-order valence-corrected chi connectivity index (χ1v) is 19.5. The first-order valence-electron chi connectivity index (χ1n) is 19.5. The minimum atomic E-state index is -1.38. The third-order valence-electron chi connectivity index (χ3n) is 11.9. The van der Waals surface area contributed by atoms with Crippen molar-refractivity contribution in [2.75, 3.05) is 20.7 Å². The van der Waals surface area contributed by atoms with Gasteiger partial charge in [0.05, 0.1) is 36.0 Å². The topological polar surface area (TPSA) is 163 Å². The van der Waals surface area contributed by atoms with Crippen LogP contribution in [0.25, 0.3) is 17.0 Å². The Morgan fingerprint density at radius 3 is 2.45 bits per heavy atom. The molecule has 2 aromatic rings. The second-order valence-electron chi connectivity index (χ2n) is 16.3. The fourth-order valence-corrected chi connectivity index (χ4v) is 8.75. The summed E-state index contributed by atoms with van der Waals surface area (Å²) in [6, 6.07) is 8.65. The van der Waals surface area contributed by atoms with Crippen molar-refractivity contribution in [1.29, 1.82) is 0 Å². The SMILES string of the molecule is CC[C@H]1OC(=O)[C@H](C)C(=O)[C@H](C)[C@@H](O[C@@H]2O[C@H](C)C[C@H](N(C)C)[C@H]2O)[C@@](C)(OC/C=C/c2ccc3ncccc3c2)C[C@@H](C)C(=O)[C@H](C)[C@H]2NC(=O)O[C@@]21C. The third kappa shape index (κ3) is 8.96. The maximum atomic E-state index is 14.4. The maximum Gasteiger partial charge on any atom is 0.408 e. The Hall–Kier alpha value is -3.75. The second kappa shape index (κ2) is 17.2. The van der Waals surface area contributed by atoms with Gasteiger partial charge >= 0.3 is 12.1 Å². The first-order chi connectivity index (χ1) is 25.9. The van der Waals surface area contributed by atoms with E-state index in [-0.39, 0.29) is 37.4 Å². The average molecular weight is 766 g/mol. The van der Waals surface area contributed by atoms with Crippen molar-refractivity contribution in [1.82, 2.24) is 15.2 Å². The highest BCUT2D eigenvalue weighted by molar-refractivity contribution is 6.00. The number of Topliss-reactive ketones (excluding diaryl/α,β-unsaturated/α-hetero) is 2. The molecule has 3 aliphatic rings. The minimum absolute atomic E-state index is 0.0734. The van der Waals surface area contributed by atoms with Gasteiger partial charge in [-0.25, -0.2) is 4.79 Å². The summed E-state index contributed by atoms with van der Waals surface area (Å²) in [5.41, 5.74) is -0.923. The standard InChI is InChI=1S/C42H59N3O10/c1-11-32-42(8)36(44-40(50)55-42)25(4)33(46)23(2)22-41(7,51-19-13-14-28-16-17-30-29(21-28)15-12-18-43-30)37(26(5)34(47)27(6)38(49)53-32)54-39-35(48)31(45(9)10)20-24(3)52-39/h12-18,21,23-27,31-32,35-37,39,48H,11,19-20,22H2,1-10H3,(H,44,50)/b14-13+/t23-,24-,25+,26+,27-,31+,32-,35-,36-,37-,39+,41+,42-/m1/s1. The number of alkyl carbamates (subject to hydrolysis) is 1. The molecule has 0 saturated carbocycles. The van der Waals surface area contributed by atoms with Crippen LogP contribution < -0.4 is 5.32 Å². The van der Waals surface area contributed by atoms with Crippen LogP contribution in [-0.4, -0.2) is 113 Å². The number of cyclic esters (lactones) is 1. The lowest BCUT2D eigenvalue weighted by Gasteiger charge is -2.47. The van der Waals surface area contributed by atoms with Crippen LogP contribution in [0.4, 0.5) is 4.79 Å². The number of esters is 1. The fourth-order valence-electron chi connectivity index (χ4n) is 8.75. The maximum absolute atomic E-state index is 14.4. The van der Waals surface area contributed by atoms with Crippen LogP contribution in [0.3, 0.4) is 0 Å². The number of pyridine rings is 1. The minimum Gasteiger partial charge on any atom is -0.458 e. The van der Waals surface area contributed by atoms with Gasteiger partial charge in [0.2, 0.25) is 0 Å². The average Bonchev–Trinajstić information content (AvgIpc) is 3.47. The molecule has 1 aromatic heterocycles. The largest absolute Gasteiger partial charge is 0.458 e. The lowest BCUT2D eigenvalue weighted by molar-refractivity contribution is -0.296. The number of nitrogens with zero attached hydrogens (tertiary/aromatic N) is 2. The lowest BCUT2D eigenvalue weighted by Crippen LogP contribution is -2.60. The van der Waals surface area contributed by atoms with Crippen molar-refractivity contribution in [2.45, 2.75) is 129 Å². The molecule has 0 spiro atoms. The number of ketones is 2. The van der Waals surface area contributed by atoms with Crippen molar-refractivity contribution in [3.05, 3.63) is 48.2 Å². The number of amides is 1. The van der Waals surface area contributed by atoms with E-state index in [0.29, 0.717) is 6.42 Å². The lowest BCUT2D eigenvalue weighted by atomic mass is 9.73. The predicted octanol–water partition coefficient (Wildman–Crippen LogP) is 5.11. The Labute approximate surface area is 324 Å². The van der Waals surface area contributed by atoms with Gasteiger partial charge in [-0.05, 0) is 84.8 Å². The number of aromatic nitrogens is 1. The highest BCUT2D eigenvalue weighted by atomic mass is 16.7. The molecule has 0 aliphatic carbocycles. The molecular formula is C42H59N3O10. The Bertz CT molecular complexity index is 1750. The van der Waals surface area contributed by atoms with Crippen LogP contribution in [0.1, 0.15) is 80.2 Å². The van der Waals surface area contributed by atoms with E-state index in [1.54, 1.807) is 47.7 Å². The first kappa shape index (κ1) is 42.4. The summed E-state index contributed by atoms with van der Waals surface area (Å²) in [7, 11) is 3.74. The number of carbonyl (C=O) groups is 4. The van der Waals surface area contributed by atoms with Crippen molar-refractivity contribution in [3.63, 3.8) is 0 Å². The van der Waals surface area contributed by atoms with E-state index in [2.05, 4.69) is 10.3 Å². The monoisotopic (exact) mass is 765 g/mol. The van der Waals surface area contributed by atoms with Gasteiger partial charge in [-0.3, -0.25) is 19.4 Å². The normalized spacial score (nSPS) is 38.1. The second-order valence-corrected chi connectivity index (χ2v) is 16.3. The number of ether oxygens (including phenoxy) is 5. The number of fused-ring (bicyclic) bond motifs is 2. The zero-order valence-electron chi connectivity index (χ0n) is 33.8. The van der Waals surface area contributed by atoms with Gasteiger partial charge in [-0.15, -0.1) is 0 Å². The number of benzene rings is 1. The van der Waals surface area contributed by atoms with Crippen molar-refractivity contribution in [3.8, 4) is 0 Å². The van der Waals surface area contributed by atoms with Crippen molar-refractivity contribution in [2.24, 2.45) is 23.7 Å². The molecule has 1 amide bonds. The van der Waals surface area contributed by atoms with Gasteiger partial charge in [0, 0.05) is 35.4 Å². The van der Waals surface area contributed by atoms with Gasteiger partial charge in [-0.2, -0.15) is 0 Å². The van der Waals surface area contributed by atoms with E-state index in [9.17, 15) is 24.3 Å². The van der Waals surface area contributed by atoms with Crippen LogP contribution in [0, 0.1) is 23.7 Å². The number of rotatable bonds is 8. The van der Waals surface area contributed by atoms with E-state index in [1.807, 2.05) is 68.4 Å².